The monoisotopic (exact) mass is 351 g/mol. The molecule has 0 aliphatic heterocycles. The predicted molar refractivity (Wildman–Crippen MR) is 104 cm³/mol. The van der Waals surface area contributed by atoms with Crippen LogP contribution in [0.3, 0.4) is 0 Å². The van der Waals surface area contributed by atoms with Gasteiger partial charge in [-0.25, -0.2) is 0 Å². The van der Waals surface area contributed by atoms with Crippen LogP contribution in [0.15, 0.2) is 81.4 Å². The average molecular weight is 351 g/mol. The van der Waals surface area contributed by atoms with E-state index in [1.54, 1.807) is 14.2 Å². The summed E-state index contributed by atoms with van der Waals surface area (Å²) >= 11 is 0. The van der Waals surface area contributed by atoms with Gasteiger partial charge in [-0.3, -0.25) is 0 Å². The molecule has 0 N–H and O–H groups in total. The molecule has 128 valence electrons. The van der Waals surface area contributed by atoms with Crippen molar-refractivity contribution in [3.05, 3.63) is 77.9 Å². The molecule has 0 fully saturated rings. The molecule has 1 atom stereocenters. The van der Waals surface area contributed by atoms with Gasteiger partial charge in [-0.1, -0.05) is 17.7 Å². The summed E-state index contributed by atoms with van der Waals surface area (Å²) in [5.41, 5.74) is 2.51. The molecular formula is C22H23O2S+. The Morgan fingerprint density at radius 3 is 1.68 bits per heavy atom. The summed E-state index contributed by atoms with van der Waals surface area (Å²) in [5, 5.41) is 0. The summed E-state index contributed by atoms with van der Waals surface area (Å²) < 4.78 is 10.7. The lowest BCUT2D eigenvalue weighted by Gasteiger charge is -2.12. The molecule has 0 aliphatic rings. The number of hydrogen-bond donors (Lipinski definition) is 0. The van der Waals surface area contributed by atoms with E-state index in [1.165, 1.54) is 25.8 Å². The lowest BCUT2D eigenvalue weighted by Crippen LogP contribution is -2.07. The van der Waals surface area contributed by atoms with Crippen LogP contribution >= 0.6 is 0 Å². The van der Waals surface area contributed by atoms with Gasteiger partial charge in [0.2, 0.25) is 0 Å². The van der Waals surface area contributed by atoms with Gasteiger partial charge in [0.25, 0.3) is 0 Å². The molecule has 0 spiro atoms. The standard InChI is InChI=1S/C22H23O2S/c1-16-5-10-20(11-6-16)25(21-12-7-18(23-3)8-13-21)22-14-9-19(24-4)15-17(22)2/h5-15H,1-4H3/q+1. The summed E-state index contributed by atoms with van der Waals surface area (Å²) in [4.78, 5) is 3.90. The van der Waals surface area contributed by atoms with Crippen molar-refractivity contribution < 1.29 is 9.47 Å². The molecule has 2 nitrogen and oxygen atoms in total. The largest absolute Gasteiger partial charge is 0.497 e. The molecule has 0 bridgehead atoms. The van der Waals surface area contributed by atoms with E-state index in [2.05, 4.69) is 62.4 Å². The van der Waals surface area contributed by atoms with Gasteiger partial charge >= 0.3 is 0 Å². The van der Waals surface area contributed by atoms with E-state index in [0.29, 0.717) is 0 Å². The van der Waals surface area contributed by atoms with Gasteiger partial charge in [0.1, 0.15) is 11.5 Å². The van der Waals surface area contributed by atoms with E-state index >= 15 is 0 Å². The molecule has 0 aliphatic carbocycles. The maximum atomic E-state index is 5.37. The Hall–Kier alpha value is -2.39. The first-order valence-corrected chi connectivity index (χ1v) is 9.44. The third kappa shape index (κ3) is 3.83. The van der Waals surface area contributed by atoms with Gasteiger partial charge in [0, 0.05) is 5.56 Å². The van der Waals surface area contributed by atoms with Crippen LogP contribution in [-0.2, 0) is 10.9 Å². The molecule has 0 saturated carbocycles. The average Bonchev–Trinajstić information content (AvgIpc) is 2.65. The Labute approximate surface area is 152 Å². The number of rotatable bonds is 5. The van der Waals surface area contributed by atoms with E-state index in [9.17, 15) is 0 Å². The molecule has 25 heavy (non-hydrogen) atoms. The van der Waals surface area contributed by atoms with Crippen LogP contribution in [0.2, 0.25) is 0 Å². The highest BCUT2D eigenvalue weighted by Crippen LogP contribution is 2.35. The van der Waals surface area contributed by atoms with E-state index < -0.39 is 0 Å². The SMILES string of the molecule is COc1ccc([S+](c2ccc(C)cc2)c2ccc(OC)cc2C)cc1. The third-order valence-corrected chi connectivity index (χ3v) is 6.54. The van der Waals surface area contributed by atoms with E-state index in [-0.39, 0.29) is 10.9 Å². The lowest BCUT2D eigenvalue weighted by atomic mass is 10.2. The van der Waals surface area contributed by atoms with Gasteiger partial charge in [0.15, 0.2) is 14.7 Å². The molecule has 1 unspecified atom stereocenters. The zero-order valence-corrected chi connectivity index (χ0v) is 15.9. The van der Waals surface area contributed by atoms with Crippen LogP contribution in [0.1, 0.15) is 11.1 Å². The van der Waals surface area contributed by atoms with Crippen molar-refractivity contribution in [2.75, 3.05) is 14.2 Å². The Bertz CT molecular complexity index is 839. The van der Waals surface area contributed by atoms with Crippen LogP contribution < -0.4 is 9.47 Å². The number of benzene rings is 3. The van der Waals surface area contributed by atoms with Crippen LogP contribution in [0.4, 0.5) is 0 Å². The lowest BCUT2D eigenvalue weighted by molar-refractivity contribution is 0.414. The first kappa shape index (κ1) is 17.4. The molecule has 3 heteroatoms. The summed E-state index contributed by atoms with van der Waals surface area (Å²) in [6.07, 6.45) is 0. The van der Waals surface area contributed by atoms with E-state index in [4.69, 9.17) is 9.47 Å². The van der Waals surface area contributed by atoms with Crippen molar-refractivity contribution in [1.29, 1.82) is 0 Å². The fourth-order valence-electron chi connectivity index (χ4n) is 2.75. The highest BCUT2D eigenvalue weighted by molar-refractivity contribution is 7.97. The third-order valence-electron chi connectivity index (χ3n) is 4.15. The molecule has 3 aromatic rings. The Balaban J connectivity index is 2.12. The van der Waals surface area contributed by atoms with Crippen molar-refractivity contribution in [3.8, 4) is 11.5 Å². The second-order valence-corrected chi connectivity index (χ2v) is 7.92. The first-order valence-electron chi connectivity index (χ1n) is 8.22. The molecular weight excluding hydrogens is 328 g/mol. The minimum absolute atomic E-state index is 0.166. The molecule has 0 amide bonds. The second-order valence-electron chi connectivity index (χ2n) is 5.93. The van der Waals surface area contributed by atoms with E-state index in [0.717, 1.165) is 11.5 Å². The number of aryl methyl sites for hydroxylation is 2. The summed E-state index contributed by atoms with van der Waals surface area (Å²) in [5.74, 6) is 1.77. The predicted octanol–water partition coefficient (Wildman–Crippen LogP) is 5.42. The smallest absolute Gasteiger partial charge is 0.169 e. The van der Waals surface area contributed by atoms with Gasteiger partial charge in [-0.05, 0) is 68.4 Å². The van der Waals surface area contributed by atoms with Crippen molar-refractivity contribution in [2.24, 2.45) is 0 Å². The Morgan fingerprint density at radius 1 is 0.640 bits per heavy atom. The topological polar surface area (TPSA) is 18.5 Å². The maximum absolute atomic E-state index is 5.37. The summed E-state index contributed by atoms with van der Waals surface area (Å²) in [7, 11) is 3.24. The zero-order valence-electron chi connectivity index (χ0n) is 15.1. The van der Waals surface area contributed by atoms with Crippen LogP contribution in [-0.4, -0.2) is 14.2 Å². The van der Waals surface area contributed by atoms with Crippen LogP contribution in [0.5, 0.6) is 11.5 Å². The molecule has 0 aromatic heterocycles. The van der Waals surface area contributed by atoms with Gasteiger partial charge < -0.3 is 9.47 Å². The van der Waals surface area contributed by atoms with Crippen molar-refractivity contribution in [3.63, 3.8) is 0 Å². The zero-order chi connectivity index (χ0) is 17.8. The van der Waals surface area contributed by atoms with Crippen molar-refractivity contribution >= 4 is 10.9 Å². The number of methoxy groups -OCH3 is 2. The normalized spacial score (nSPS) is 11.8. The van der Waals surface area contributed by atoms with E-state index in [1.807, 2.05) is 18.2 Å². The van der Waals surface area contributed by atoms with Crippen LogP contribution in [0, 0.1) is 13.8 Å². The molecule has 3 aromatic carbocycles. The summed E-state index contributed by atoms with van der Waals surface area (Å²) in [6, 6.07) is 23.5. The molecule has 0 saturated heterocycles. The minimum Gasteiger partial charge on any atom is -0.497 e. The fraction of sp³-hybridized carbons (Fsp3) is 0.182. The maximum Gasteiger partial charge on any atom is 0.169 e. The Kier molecular flexibility index (Phi) is 5.34. The van der Waals surface area contributed by atoms with Crippen molar-refractivity contribution in [1.82, 2.24) is 0 Å². The second kappa shape index (κ2) is 7.66. The highest BCUT2D eigenvalue weighted by atomic mass is 32.2. The highest BCUT2D eigenvalue weighted by Gasteiger charge is 2.30. The number of ether oxygens (including phenoxy) is 2. The molecule has 3 rings (SSSR count). The summed E-state index contributed by atoms with van der Waals surface area (Å²) in [6.45, 7) is 4.27. The fourth-order valence-corrected chi connectivity index (χ4v) is 4.94. The van der Waals surface area contributed by atoms with Gasteiger partial charge in [0.05, 0.1) is 25.1 Å². The molecule has 0 radical (unpaired) electrons. The first-order chi connectivity index (χ1) is 12.1. The quantitative estimate of drug-likeness (QED) is 0.572. The van der Waals surface area contributed by atoms with Crippen molar-refractivity contribution in [2.45, 2.75) is 28.5 Å². The van der Waals surface area contributed by atoms with Gasteiger partial charge in [-0.15, -0.1) is 0 Å². The van der Waals surface area contributed by atoms with Crippen LogP contribution in [0.25, 0.3) is 0 Å². The van der Waals surface area contributed by atoms with Gasteiger partial charge in [-0.2, -0.15) is 0 Å². The number of hydrogen-bond acceptors (Lipinski definition) is 2. The molecule has 0 heterocycles. The Morgan fingerprint density at radius 2 is 1.16 bits per heavy atom. The minimum atomic E-state index is -0.166.